The summed E-state index contributed by atoms with van der Waals surface area (Å²) >= 11 is 0. The molecule has 1 heterocycles. The quantitative estimate of drug-likeness (QED) is 0.836. The average Bonchev–Trinajstić information content (AvgIpc) is 2.60. The van der Waals surface area contributed by atoms with E-state index in [0.29, 0.717) is 6.07 Å². The average molecular weight is 240 g/mol. The van der Waals surface area contributed by atoms with Crippen molar-refractivity contribution in [2.24, 2.45) is 0 Å². The second kappa shape index (κ2) is 3.85. The molecule has 2 rings (SSSR count). The maximum absolute atomic E-state index is 13.4. The number of nitrogens with zero attached hydrogens (tertiary/aromatic N) is 1. The fourth-order valence-corrected chi connectivity index (χ4v) is 1.32. The van der Waals surface area contributed by atoms with Gasteiger partial charge in [0.1, 0.15) is 17.3 Å². The van der Waals surface area contributed by atoms with Gasteiger partial charge in [-0.25, -0.2) is 13.6 Å². The Bertz CT molecular complexity index is 595. The highest BCUT2D eigenvalue weighted by atomic mass is 19.1. The summed E-state index contributed by atoms with van der Waals surface area (Å²) in [5.41, 5.74) is 4.48. The summed E-state index contributed by atoms with van der Waals surface area (Å²) in [6, 6.07) is 2.73. The summed E-state index contributed by atoms with van der Waals surface area (Å²) in [7, 11) is 0. The van der Waals surface area contributed by atoms with Crippen LogP contribution >= 0.6 is 0 Å². The lowest BCUT2D eigenvalue weighted by molar-refractivity contribution is 0.0687. The van der Waals surface area contributed by atoms with Crippen LogP contribution in [0.2, 0.25) is 0 Å². The number of nitrogens with two attached hydrogens (primary N) is 1. The molecule has 1 aromatic carbocycles. The molecule has 0 saturated heterocycles. The molecule has 2 aromatic rings. The van der Waals surface area contributed by atoms with Gasteiger partial charge in [-0.15, -0.1) is 0 Å². The minimum atomic E-state index is -1.39. The summed E-state index contributed by atoms with van der Waals surface area (Å²) in [6.45, 7) is 0. The predicted octanol–water partition coefficient (Wildman–Crippen LogP) is 1.90. The van der Waals surface area contributed by atoms with Crippen molar-refractivity contribution in [3.63, 3.8) is 0 Å². The van der Waals surface area contributed by atoms with Crippen molar-refractivity contribution >= 4 is 11.7 Å². The van der Waals surface area contributed by atoms with Crippen molar-refractivity contribution in [2.75, 3.05) is 5.73 Å². The first kappa shape index (κ1) is 11.1. The van der Waals surface area contributed by atoms with Gasteiger partial charge < -0.3 is 15.4 Å². The zero-order valence-electron chi connectivity index (χ0n) is 8.28. The van der Waals surface area contributed by atoms with Gasteiger partial charge in [0.2, 0.25) is 5.69 Å². The van der Waals surface area contributed by atoms with E-state index < -0.39 is 23.3 Å². The second-order valence-corrected chi connectivity index (χ2v) is 3.20. The number of carboxylic acids is 1. The molecule has 0 saturated carbocycles. The number of hydrogen-bond acceptors (Lipinski definition) is 4. The van der Waals surface area contributed by atoms with Gasteiger partial charge in [-0.05, 0) is 12.1 Å². The largest absolute Gasteiger partial charge is 0.476 e. The van der Waals surface area contributed by atoms with Crippen molar-refractivity contribution in [3.05, 3.63) is 35.5 Å². The normalized spacial score (nSPS) is 10.5. The summed E-state index contributed by atoms with van der Waals surface area (Å²) in [5, 5.41) is 11.9. The first-order valence-electron chi connectivity index (χ1n) is 4.44. The number of carboxylic acid groups (broad SMARTS) is 1. The molecule has 88 valence electrons. The molecule has 0 aliphatic rings. The molecular weight excluding hydrogens is 234 g/mol. The van der Waals surface area contributed by atoms with Gasteiger partial charge in [-0.1, -0.05) is 5.16 Å². The fourth-order valence-electron chi connectivity index (χ4n) is 1.32. The lowest BCUT2D eigenvalue weighted by Gasteiger charge is -1.99. The van der Waals surface area contributed by atoms with Gasteiger partial charge >= 0.3 is 5.97 Å². The van der Waals surface area contributed by atoms with Gasteiger partial charge in [0.05, 0.1) is 5.56 Å². The van der Waals surface area contributed by atoms with Crippen LogP contribution in [-0.2, 0) is 0 Å². The van der Waals surface area contributed by atoms with Crippen LogP contribution < -0.4 is 5.73 Å². The Kier molecular flexibility index (Phi) is 2.51. The minimum Gasteiger partial charge on any atom is -0.476 e. The molecule has 0 radical (unpaired) electrons. The van der Waals surface area contributed by atoms with E-state index in [0.717, 1.165) is 12.1 Å². The minimum absolute atomic E-state index is 0.149. The van der Waals surface area contributed by atoms with E-state index >= 15 is 0 Å². The number of aromatic nitrogens is 1. The van der Waals surface area contributed by atoms with Gasteiger partial charge in [-0.2, -0.15) is 0 Å². The van der Waals surface area contributed by atoms with Crippen LogP contribution in [0.3, 0.4) is 0 Å². The smallest absolute Gasteiger partial charge is 0.360 e. The van der Waals surface area contributed by atoms with E-state index in [1.54, 1.807) is 0 Å². The van der Waals surface area contributed by atoms with Crippen LogP contribution in [0.1, 0.15) is 10.5 Å². The number of benzene rings is 1. The molecule has 0 unspecified atom stereocenters. The monoisotopic (exact) mass is 240 g/mol. The highest BCUT2D eigenvalue weighted by molar-refractivity contribution is 5.94. The number of anilines is 1. The molecule has 0 aliphatic carbocycles. The van der Waals surface area contributed by atoms with Crippen LogP contribution in [0, 0.1) is 11.6 Å². The number of carbonyl (C=O) groups is 1. The van der Waals surface area contributed by atoms with Gasteiger partial charge in [0.15, 0.2) is 5.76 Å². The van der Waals surface area contributed by atoms with Crippen LogP contribution in [0.5, 0.6) is 0 Å². The Balaban J connectivity index is 2.57. The Labute approximate surface area is 93.4 Å². The highest BCUT2D eigenvalue weighted by Gasteiger charge is 2.22. The summed E-state index contributed by atoms with van der Waals surface area (Å²) < 4.78 is 30.7. The molecule has 0 aliphatic heterocycles. The van der Waals surface area contributed by atoms with E-state index in [9.17, 15) is 13.6 Å². The van der Waals surface area contributed by atoms with E-state index in [2.05, 4.69) is 9.68 Å². The van der Waals surface area contributed by atoms with Crippen molar-refractivity contribution in [3.8, 4) is 11.3 Å². The third-order valence-corrected chi connectivity index (χ3v) is 2.11. The predicted molar refractivity (Wildman–Crippen MR) is 53.2 cm³/mol. The Morgan fingerprint density at radius 1 is 1.41 bits per heavy atom. The van der Waals surface area contributed by atoms with Gasteiger partial charge in [0, 0.05) is 6.07 Å². The number of aromatic carboxylic acids is 1. The summed E-state index contributed by atoms with van der Waals surface area (Å²) in [4.78, 5) is 10.6. The van der Waals surface area contributed by atoms with E-state index in [1.165, 1.54) is 0 Å². The molecule has 0 amide bonds. The molecule has 17 heavy (non-hydrogen) atoms. The molecular formula is C10H6F2N2O3. The van der Waals surface area contributed by atoms with Crippen molar-refractivity contribution < 1.29 is 23.2 Å². The summed E-state index contributed by atoms with van der Waals surface area (Å²) in [5.74, 6) is -3.30. The Morgan fingerprint density at radius 3 is 2.65 bits per heavy atom. The van der Waals surface area contributed by atoms with Crippen molar-refractivity contribution in [1.29, 1.82) is 0 Å². The molecule has 0 bridgehead atoms. The molecule has 0 fully saturated rings. The zero-order valence-corrected chi connectivity index (χ0v) is 8.28. The van der Waals surface area contributed by atoms with Crippen molar-refractivity contribution in [2.45, 2.75) is 0 Å². The number of hydrogen-bond donors (Lipinski definition) is 2. The fraction of sp³-hybridized carbons (Fsp3) is 0. The topological polar surface area (TPSA) is 89.4 Å². The number of halogens is 2. The third-order valence-electron chi connectivity index (χ3n) is 2.11. The Morgan fingerprint density at radius 2 is 2.12 bits per heavy atom. The molecule has 0 spiro atoms. The standard InChI is InChI=1S/C10H6F2N2O3/c11-4-1-2-5(6(12)3-4)9-7(13)8(10(15)16)14-17-9/h1-3H,13H2,(H,15,16). The first-order valence-corrected chi connectivity index (χ1v) is 4.44. The maximum atomic E-state index is 13.4. The molecule has 1 aromatic heterocycles. The lowest BCUT2D eigenvalue weighted by Crippen LogP contribution is -2.01. The van der Waals surface area contributed by atoms with Gasteiger partial charge in [0.25, 0.3) is 0 Å². The van der Waals surface area contributed by atoms with Crippen LogP contribution in [0.15, 0.2) is 22.7 Å². The van der Waals surface area contributed by atoms with Crippen LogP contribution in [0.25, 0.3) is 11.3 Å². The number of nitrogen functional groups attached to an aromatic ring is 1. The van der Waals surface area contributed by atoms with E-state index in [4.69, 9.17) is 10.8 Å². The van der Waals surface area contributed by atoms with Gasteiger partial charge in [-0.3, -0.25) is 0 Å². The second-order valence-electron chi connectivity index (χ2n) is 3.20. The summed E-state index contributed by atoms with van der Waals surface area (Å²) in [6.07, 6.45) is 0. The first-order chi connectivity index (χ1) is 8.00. The molecule has 3 N–H and O–H groups in total. The van der Waals surface area contributed by atoms with Crippen LogP contribution in [0.4, 0.5) is 14.5 Å². The number of rotatable bonds is 2. The Hall–Kier alpha value is -2.44. The van der Waals surface area contributed by atoms with E-state index in [1.807, 2.05) is 0 Å². The highest BCUT2D eigenvalue weighted by Crippen LogP contribution is 2.30. The van der Waals surface area contributed by atoms with Crippen LogP contribution in [-0.4, -0.2) is 16.2 Å². The molecule has 5 nitrogen and oxygen atoms in total. The maximum Gasteiger partial charge on any atom is 0.360 e. The SMILES string of the molecule is Nc1c(C(=O)O)noc1-c1ccc(F)cc1F. The zero-order chi connectivity index (χ0) is 12.6. The molecule has 0 atom stereocenters. The molecule has 7 heteroatoms. The third kappa shape index (κ3) is 1.82. The van der Waals surface area contributed by atoms with E-state index in [-0.39, 0.29) is 17.0 Å². The van der Waals surface area contributed by atoms with Crippen molar-refractivity contribution in [1.82, 2.24) is 5.16 Å². The lowest BCUT2D eigenvalue weighted by atomic mass is 10.1.